The van der Waals surface area contributed by atoms with Crippen LogP contribution in [-0.2, 0) is 29.9 Å². The molecule has 0 aliphatic carbocycles. The lowest BCUT2D eigenvalue weighted by Gasteiger charge is -2.03. The summed E-state index contributed by atoms with van der Waals surface area (Å²) in [4.78, 5) is 21.7. The molecular weight excluding hydrogens is 184 g/mol. The maximum Gasteiger partial charge on any atom is 0.378 e. The topological polar surface area (TPSA) is 69.7 Å². The number of hydrogen-bond donors (Lipinski definition) is 0. The van der Waals surface area contributed by atoms with Crippen molar-refractivity contribution in [2.45, 2.75) is 5.44 Å². The van der Waals surface area contributed by atoms with Crippen LogP contribution in [0.25, 0.3) is 0 Å². The van der Waals surface area contributed by atoms with E-state index >= 15 is 0 Å². The highest BCUT2D eigenvalue weighted by molar-refractivity contribution is 7.86. The fraction of sp³-hybridized carbons (Fsp3) is 0.667. The summed E-state index contributed by atoms with van der Waals surface area (Å²) in [6.07, 6.45) is 0. The van der Waals surface area contributed by atoms with E-state index in [9.17, 15) is 13.8 Å². The molecule has 12 heavy (non-hydrogen) atoms. The van der Waals surface area contributed by atoms with Crippen molar-refractivity contribution >= 4 is 22.6 Å². The summed E-state index contributed by atoms with van der Waals surface area (Å²) >= 11 is 0. The maximum atomic E-state index is 11.0. The number of rotatable bonds is 2. The Morgan fingerprint density at radius 2 is 2.25 bits per heavy atom. The first-order chi connectivity index (χ1) is 5.66. The van der Waals surface area contributed by atoms with Gasteiger partial charge in [-0.1, -0.05) is 0 Å². The summed E-state index contributed by atoms with van der Waals surface area (Å²) in [6, 6.07) is 0. The van der Waals surface area contributed by atoms with Crippen molar-refractivity contribution in [2.24, 2.45) is 0 Å². The molecule has 1 saturated heterocycles. The van der Waals surface area contributed by atoms with Crippen LogP contribution < -0.4 is 0 Å². The highest BCUT2D eigenvalue weighted by Gasteiger charge is 2.35. The van der Waals surface area contributed by atoms with Gasteiger partial charge >= 0.3 is 5.97 Å². The second-order valence-corrected chi connectivity index (χ2v) is 3.74. The number of Topliss-reactive ketones (excluding diaryl/α,β-unsaturated/α-hetero) is 1. The molecule has 5 nitrogen and oxygen atoms in total. The van der Waals surface area contributed by atoms with Crippen LogP contribution in [0.5, 0.6) is 0 Å². The zero-order valence-electron chi connectivity index (χ0n) is 6.44. The van der Waals surface area contributed by atoms with Crippen molar-refractivity contribution in [1.29, 1.82) is 0 Å². The molecule has 0 spiro atoms. The summed E-state index contributed by atoms with van der Waals surface area (Å²) in [7, 11) is -0.290. The fourth-order valence-electron chi connectivity index (χ4n) is 0.812. The molecule has 0 aromatic carbocycles. The smallest absolute Gasteiger partial charge is 0.378 e. The van der Waals surface area contributed by atoms with E-state index in [1.54, 1.807) is 0 Å². The van der Waals surface area contributed by atoms with Gasteiger partial charge in [0, 0.05) is 0 Å². The molecule has 1 unspecified atom stereocenters. The number of carbonyl (C=O) groups excluding carboxylic acids is 2. The van der Waals surface area contributed by atoms with Crippen LogP contribution in [0, 0.1) is 0 Å². The van der Waals surface area contributed by atoms with Gasteiger partial charge in [0.05, 0.1) is 30.3 Å². The van der Waals surface area contributed by atoms with Crippen molar-refractivity contribution < 1.29 is 23.3 Å². The lowest BCUT2D eigenvalue weighted by molar-refractivity contribution is -0.154. The molecule has 1 heterocycles. The second-order valence-electron chi connectivity index (χ2n) is 2.14. The number of ether oxygens (including phenoxy) is 2. The van der Waals surface area contributed by atoms with Crippen LogP contribution in [-0.4, -0.2) is 40.9 Å². The van der Waals surface area contributed by atoms with Gasteiger partial charge in [0.2, 0.25) is 5.44 Å². The van der Waals surface area contributed by atoms with Crippen molar-refractivity contribution in [3.8, 4) is 0 Å². The summed E-state index contributed by atoms with van der Waals surface area (Å²) in [5, 5.41) is 0. The quantitative estimate of drug-likeness (QED) is 0.407. The predicted molar refractivity (Wildman–Crippen MR) is 39.8 cm³/mol. The maximum absolute atomic E-state index is 11.0. The second kappa shape index (κ2) is 3.77. The first kappa shape index (κ1) is 9.34. The van der Waals surface area contributed by atoms with Gasteiger partial charge in [-0.3, -0.25) is 9.00 Å². The predicted octanol–water partition coefficient (Wildman–Crippen LogP) is -1.17. The number of ketones is 1. The molecule has 0 amide bonds. The van der Waals surface area contributed by atoms with Gasteiger partial charge in [0.25, 0.3) is 5.78 Å². The van der Waals surface area contributed by atoms with E-state index in [4.69, 9.17) is 4.74 Å². The van der Waals surface area contributed by atoms with Gasteiger partial charge in [-0.2, -0.15) is 0 Å². The standard InChI is InChI=1S/C6H8O5S/c1-10-5(8)4(7)6-11-2-3-12(6)9/h6H,2-3H2,1H3/t6-,12?/m0/s1. The molecular formula is C6H8O5S. The minimum atomic E-state index is -1.39. The Labute approximate surface area is 71.5 Å². The molecule has 1 aliphatic heterocycles. The van der Waals surface area contributed by atoms with Crippen molar-refractivity contribution in [1.82, 2.24) is 0 Å². The Bertz CT molecular complexity index is 236. The minimum Gasteiger partial charge on any atom is -0.463 e. The highest BCUT2D eigenvalue weighted by atomic mass is 32.2. The number of hydrogen-bond acceptors (Lipinski definition) is 5. The van der Waals surface area contributed by atoms with E-state index in [1.165, 1.54) is 0 Å². The molecule has 2 atom stereocenters. The average Bonchev–Trinajstić information content (AvgIpc) is 2.48. The van der Waals surface area contributed by atoms with Crippen LogP contribution >= 0.6 is 0 Å². The summed E-state index contributed by atoms with van der Waals surface area (Å²) in [6.45, 7) is 0.250. The third-order valence-corrected chi connectivity index (χ3v) is 2.79. The Kier molecular flexibility index (Phi) is 2.93. The first-order valence-corrected chi connectivity index (χ1v) is 4.66. The van der Waals surface area contributed by atoms with Crippen molar-refractivity contribution in [3.05, 3.63) is 0 Å². The molecule has 0 N–H and O–H groups in total. The fourth-order valence-corrected chi connectivity index (χ4v) is 1.87. The largest absolute Gasteiger partial charge is 0.463 e. The van der Waals surface area contributed by atoms with Gasteiger partial charge in [-0.25, -0.2) is 4.79 Å². The molecule has 1 rings (SSSR count). The molecule has 0 saturated carbocycles. The molecule has 1 fully saturated rings. The van der Waals surface area contributed by atoms with Crippen LogP contribution in [0.4, 0.5) is 0 Å². The number of esters is 1. The molecule has 0 radical (unpaired) electrons. The van der Waals surface area contributed by atoms with Gasteiger partial charge < -0.3 is 9.47 Å². The monoisotopic (exact) mass is 192 g/mol. The zero-order valence-corrected chi connectivity index (χ0v) is 7.26. The lowest BCUT2D eigenvalue weighted by atomic mass is 10.4. The van der Waals surface area contributed by atoms with E-state index in [0.717, 1.165) is 7.11 Å². The molecule has 0 bridgehead atoms. The number of methoxy groups -OCH3 is 1. The third kappa shape index (κ3) is 1.70. The minimum absolute atomic E-state index is 0.250. The van der Waals surface area contributed by atoms with E-state index in [1.807, 2.05) is 0 Å². The van der Waals surface area contributed by atoms with E-state index in [0.29, 0.717) is 5.75 Å². The van der Waals surface area contributed by atoms with Crippen LogP contribution in [0.1, 0.15) is 0 Å². The first-order valence-electron chi connectivity index (χ1n) is 3.27. The van der Waals surface area contributed by atoms with Gasteiger partial charge in [0.15, 0.2) is 0 Å². The molecule has 1 aliphatic rings. The van der Waals surface area contributed by atoms with Crippen molar-refractivity contribution in [3.63, 3.8) is 0 Å². The average molecular weight is 192 g/mol. The van der Waals surface area contributed by atoms with Gasteiger partial charge in [-0.05, 0) is 0 Å². The van der Waals surface area contributed by atoms with Crippen LogP contribution in [0.2, 0.25) is 0 Å². The van der Waals surface area contributed by atoms with E-state index in [-0.39, 0.29) is 6.61 Å². The Morgan fingerprint density at radius 1 is 1.58 bits per heavy atom. The Balaban J connectivity index is 2.63. The summed E-state index contributed by atoms with van der Waals surface area (Å²) in [5.41, 5.74) is -1.11. The summed E-state index contributed by atoms with van der Waals surface area (Å²) < 4.78 is 20.0. The van der Waals surface area contributed by atoms with Crippen LogP contribution in [0.3, 0.4) is 0 Å². The van der Waals surface area contributed by atoms with E-state index < -0.39 is 28.0 Å². The molecule has 6 heteroatoms. The Morgan fingerprint density at radius 3 is 2.67 bits per heavy atom. The third-order valence-electron chi connectivity index (χ3n) is 1.39. The SMILES string of the molecule is COC(=O)C(=O)[C@H]1OCCS1=O. The highest BCUT2D eigenvalue weighted by Crippen LogP contribution is 2.09. The van der Waals surface area contributed by atoms with Crippen LogP contribution in [0.15, 0.2) is 0 Å². The normalized spacial score (nSPS) is 28.4. The lowest BCUT2D eigenvalue weighted by Crippen LogP contribution is -2.31. The van der Waals surface area contributed by atoms with E-state index in [2.05, 4.69) is 4.74 Å². The zero-order chi connectivity index (χ0) is 9.14. The molecule has 0 aromatic rings. The summed E-state index contributed by atoms with van der Waals surface area (Å²) in [5.74, 6) is -1.57. The molecule has 68 valence electrons. The van der Waals surface area contributed by atoms with Gasteiger partial charge in [-0.15, -0.1) is 0 Å². The molecule has 0 aromatic heterocycles. The Hall–Kier alpha value is -0.750. The number of carbonyl (C=O) groups is 2. The van der Waals surface area contributed by atoms with Gasteiger partial charge in [0.1, 0.15) is 0 Å². The van der Waals surface area contributed by atoms with Crippen molar-refractivity contribution in [2.75, 3.05) is 19.5 Å².